The van der Waals surface area contributed by atoms with Gasteiger partial charge in [0, 0.05) is 12.4 Å². The number of aliphatic hydroxyl groups excluding tert-OH is 1. The summed E-state index contributed by atoms with van der Waals surface area (Å²) in [7, 11) is 1.88. The van der Waals surface area contributed by atoms with Gasteiger partial charge in [0.25, 0.3) is 0 Å². The number of rotatable bonds is 5. The summed E-state index contributed by atoms with van der Waals surface area (Å²) in [5.41, 5.74) is 2.31. The first-order valence-electron chi connectivity index (χ1n) is 7.65. The Kier molecular flexibility index (Phi) is 4.37. The summed E-state index contributed by atoms with van der Waals surface area (Å²) in [6.45, 7) is 4.27. The quantitative estimate of drug-likeness (QED) is 0.779. The minimum absolute atomic E-state index is 0.0324. The van der Waals surface area contributed by atoms with Crippen molar-refractivity contribution in [3.63, 3.8) is 0 Å². The molecule has 0 saturated heterocycles. The van der Waals surface area contributed by atoms with E-state index in [0.29, 0.717) is 22.3 Å². The molecule has 0 aliphatic rings. The van der Waals surface area contributed by atoms with Crippen LogP contribution in [0.4, 0.5) is 0 Å². The number of fused-ring (bicyclic) bond motifs is 1. The van der Waals surface area contributed by atoms with Crippen LogP contribution in [-0.2, 0) is 7.05 Å². The highest BCUT2D eigenvalue weighted by Gasteiger charge is 2.19. The van der Waals surface area contributed by atoms with Gasteiger partial charge < -0.3 is 5.11 Å². The van der Waals surface area contributed by atoms with Gasteiger partial charge in [0.1, 0.15) is 11.4 Å². The van der Waals surface area contributed by atoms with Gasteiger partial charge in [-0.2, -0.15) is 5.10 Å². The lowest BCUT2D eigenvalue weighted by Crippen LogP contribution is -2.16. The molecule has 23 heavy (non-hydrogen) atoms. The normalized spacial score (nSPS) is 13.1. The van der Waals surface area contributed by atoms with Gasteiger partial charge in [-0.1, -0.05) is 36.7 Å². The molecule has 0 unspecified atom stereocenters. The van der Waals surface area contributed by atoms with Crippen LogP contribution in [0.25, 0.3) is 22.3 Å². The van der Waals surface area contributed by atoms with Crippen LogP contribution in [0.5, 0.6) is 0 Å². The molecule has 6 nitrogen and oxygen atoms in total. The Bertz CT molecular complexity index is 823. The highest BCUT2D eigenvalue weighted by Crippen LogP contribution is 2.32. The Hall–Kier alpha value is -1.92. The highest BCUT2D eigenvalue weighted by atomic mass is 35.5. The largest absolute Gasteiger partial charge is 0.394 e. The number of halogens is 1. The van der Waals surface area contributed by atoms with Crippen molar-refractivity contribution < 1.29 is 5.11 Å². The fraction of sp³-hybridized carbons (Fsp3) is 0.438. The molecule has 2 heterocycles. The number of hydrogen-bond donors (Lipinski definition) is 1. The van der Waals surface area contributed by atoms with E-state index in [2.05, 4.69) is 29.3 Å². The van der Waals surface area contributed by atoms with Crippen LogP contribution in [0.15, 0.2) is 24.4 Å². The van der Waals surface area contributed by atoms with Gasteiger partial charge in [-0.25, -0.2) is 4.68 Å². The number of nitrogens with zero attached hydrogens (tertiary/aromatic N) is 5. The summed E-state index contributed by atoms with van der Waals surface area (Å²) >= 11 is 6.34. The van der Waals surface area contributed by atoms with Crippen molar-refractivity contribution in [3.05, 3.63) is 29.4 Å². The molecule has 1 N–H and O–H groups in total. The van der Waals surface area contributed by atoms with Crippen molar-refractivity contribution in [1.82, 2.24) is 24.8 Å². The Morgan fingerprint density at radius 2 is 2.09 bits per heavy atom. The van der Waals surface area contributed by atoms with Crippen molar-refractivity contribution in [3.8, 4) is 11.4 Å². The Balaban J connectivity index is 2.04. The minimum atomic E-state index is -0.0818. The molecule has 0 amide bonds. The zero-order chi connectivity index (χ0) is 16.6. The standard InChI is InChI=1S/C16H20ClN5O/c1-10(2)7-11(9-23)22-8-13(18-20-22)16-15-12(17)5-4-6-14(15)21(3)19-16/h4-6,8,10-11,23H,7,9H2,1-3H3/t11-/m0/s1. The lowest BCUT2D eigenvalue weighted by Gasteiger charge is -2.15. The molecular weight excluding hydrogens is 314 g/mol. The lowest BCUT2D eigenvalue weighted by molar-refractivity contribution is 0.196. The van der Waals surface area contributed by atoms with E-state index in [1.165, 1.54) is 0 Å². The van der Waals surface area contributed by atoms with Crippen molar-refractivity contribution in [2.24, 2.45) is 13.0 Å². The van der Waals surface area contributed by atoms with Crippen LogP contribution in [0.1, 0.15) is 26.3 Å². The summed E-state index contributed by atoms with van der Waals surface area (Å²) in [5.74, 6) is 0.463. The van der Waals surface area contributed by atoms with Crippen molar-refractivity contribution >= 4 is 22.5 Å². The number of aromatic nitrogens is 5. The van der Waals surface area contributed by atoms with E-state index >= 15 is 0 Å². The second-order valence-corrected chi connectivity index (χ2v) is 6.56. The predicted molar refractivity (Wildman–Crippen MR) is 90.3 cm³/mol. The van der Waals surface area contributed by atoms with E-state index in [9.17, 15) is 5.11 Å². The third-order valence-corrected chi connectivity index (χ3v) is 4.22. The Labute approximate surface area is 139 Å². The molecule has 0 saturated carbocycles. The highest BCUT2D eigenvalue weighted by molar-refractivity contribution is 6.36. The van der Waals surface area contributed by atoms with Crippen LogP contribution in [0.2, 0.25) is 5.02 Å². The number of hydrogen-bond acceptors (Lipinski definition) is 4. The van der Waals surface area contributed by atoms with E-state index in [1.807, 2.05) is 31.4 Å². The zero-order valence-corrected chi connectivity index (χ0v) is 14.2. The summed E-state index contributed by atoms with van der Waals surface area (Å²) in [6, 6.07) is 5.63. The maximum absolute atomic E-state index is 9.60. The monoisotopic (exact) mass is 333 g/mol. The van der Waals surface area contributed by atoms with Gasteiger partial charge in [-0.05, 0) is 24.5 Å². The van der Waals surface area contributed by atoms with Gasteiger partial charge in [0.15, 0.2) is 0 Å². The van der Waals surface area contributed by atoms with Gasteiger partial charge >= 0.3 is 0 Å². The molecule has 7 heteroatoms. The van der Waals surface area contributed by atoms with Crippen molar-refractivity contribution in [1.29, 1.82) is 0 Å². The van der Waals surface area contributed by atoms with Gasteiger partial charge in [0.05, 0.1) is 29.4 Å². The van der Waals surface area contributed by atoms with Crippen LogP contribution >= 0.6 is 11.6 Å². The first kappa shape index (κ1) is 16.0. The first-order valence-corrected chi connectivity index (χ1v) is 8.03. The molecule has 1 atom stereocenters. The number of aryl methyl sites for hydroxylation is 1. The molecule has 1 aromatic carbocycles. The van der Waals surface area contributed by atoms with Crippen LogP contribution in [0, 0.1) is 5.92 Å². The van der Waals surface area contributed by atoms with E-state index in [4.69, 9.17) is 11.6 Å². The molecule has 3 rings (SSSR count). The average molecular weight is 334 g/mol. The van der Waals surface area contributed by atoms with Gasteiger partial charge in [0.2, 0.25) is 0 Å². The second-order valence-electron chi connectivity index (χ2n) is 6.16. The molecule has 0 bridgehead atoms. The predicted octanol–water partition coefficient (Wildman–Crippen LogP) is 3.06. The minimum Gasteiger partial charge on any atom is -0.394 e. The molecule has 0 fully saturated rings. The second kappa shape index (κ2) is 6.29. The molecule has 0 aliphatic heterocycles. The topological polar surface area (TPSA) is 68.8 Å². The Morgan fingerprint density at radius 1 is 1.30 bits per heavy atom. The van der Waals surface area contributed by atoms with E-state index in [-0.39, 0.29) is 12.6 Å². The fourth-order valence-electron chi connectivity index (χ4n) is 2.82. The van der Waals surface area contributed by atoms with Crippen molar-refractivity contribution in [2.45, 2.75) is 26.3 Å². The lowest BCUT2D eigenvalue weighted by atomic mass is 10.0. The summed E-state index contributed by atoms with van der Waals surface area (Å²) in [5, 5.41) is 24.1. The maximum Gasteiger partial charge on any atom is 0.134 e. The van der Waals surface area contributed by atoms with Gasteiger partial charge in [-0.3, -0.25) is 4.68 Å². The van der Waals surface area contributed by atoms with Gasteiger partial charge in [-0.15, -0.1) is 5.10 Å². The van der Waals surface area contributed by atoms with Crippen LogP contribution in [0.3, 0.4) is 0 Å². The Morgan fingerprint density at radius 3 is 2.78 bits per heavy atom. The smallest absolute Gasteiger partial charge is 0.134 e. The fourth-order valence-corrected chi connectivity index (χ4v) is 3.08. The van der Waals surface area contributed by atoms with E-state index in [1.54, 1.807) is 9.36 Å². The molecule has 0 aliphatic carbocycles. The average Bonchev–Trinajstić information content (AvgIpc) is 3.11. The maximum atomic E-state index is 9.60. The van der Waals surface area contributed by atoms with E-state index in [0.717, 1.165) is 17.3 Å². The SMILES string of the molecule is CC(C)C[C@@H](CO)n1cc(-c2nn(C)c3cccc(Cl)c23)nn1. The molecule has 2 aromatic heterocycles. The zero-order valence-electron chi connectivity index (χ0n) is 13.4. The van der Waals surface area contributed by atoms with E-state index < -0.39 is 0 Å². The van der Waals surface area contributed by atoms with Crippen LogP contribution in [-0.4, -0.2) is 36.5 Å². The van der Waals surface area contributed by atoms with Crippen molar-refractivity contribution in [2.75, 3.05) is 6.61 Å². The third-order valence-electron chi connectivity index (χ3n) is 3.91. The third kappa shape index (κ3) is 2.96. The summed E-state index contributed by atoms with van der Waals surface area (Å²) < 4.78 is 3.50. The molecule has 122 valence electrons. The van der Waals surface area contributed by atoms with Crippen LogP contribution < -0.4 is 0 Å². The molecule has 0 spiro atoms. The number of benzene rings is 1. The summed E-state index contributed by atoms with van der Waals surface area (Å²) in [6.07, 6.45) is 2.66. The molecular formula is C16H20ClN5O. The number of aliphatic hydroxyl groups is 1. The summed E-state index contributed by atoms with van der Waals surface area (Å²) in [4.78, 5) is 0. The molecule has 0 radical (unpaired) electrons. The first-order chi connectivity index (χ1) is 11.0. The molecule has 3 aromatic rings.